The van der Waals surface area contributed by atoms with Crippen LogP contribution in [0.1, 0.15) is 11.1 Å². The van der Waals surface area contributed by atoms with Gasteiger partial charge in [0.05, 0.1) is 15.5 Å². The number of hydrogen-bond acceptors (Lipinski definition) is 6. The molecule has 0 heterocycles. The van der Waals surface area contributed by atoms with E-state index in [-0.39, 0.29) is 28.8 Å². The van der Waals surface area contributed by atoms with Gasteiger partial charge in [-0.25, -0.2) is 8.42 Å². The first kappa shape index (κ1) is 21.2. The second-order valence-corrected chi connectivity index (χ2v) is 8.05. The van der Waals surface area contributed by atoms with Crippen molar-refractivity contribution in [3.63, 3.8) is 0 Å². The van der Waals surface area contributed by atoms with Crippen molar-refractivity contribution in [1.29, 1.82) is 0 Å². The summed E-state index contributed by atoms with van der Waals surface area (Å²) in [4.78, 5) is 23.3. The molecule has 0 saturated heterocycles. The van der Waals surface area contributed by atoms with E-state index < -0.39 is 14.9 Å². The second-order valence-electron chi connectivity index (χ2n) is 6.37. The number of likely N-dealkylation sites (N-methyl/N-ethyl adjacent to an activating group) is 1. The van der Waals surface area contributed by atoms with E-state index in [1.165, 1.54) is 41.3 Å². The van der Waals surface area contributed by atoms with Crippen molar-refractivity contribution in [1.82, 2.24) is 4.90 Å². The van der Waals surface area contributed by atoms with Crippen LogP contribution >= 0.6 is 0 Å². The number of carbonyl (C=O) groups excluding carboxylic acids is 1. The third-order valence-electron chi connectivity index (χ3n) is 3.98. The number of nitro benzene ring substituents is 1. The zero-order valence-corrected chi connectivity index (χ0v) is 16.7. The van der Waals surface area contributed by atoms with Crippen molar-refractivity contribution in [3.05, 3.63) is 57.6 Å². The van der Waals surface area contributed by atoms with Gasteiger partial charge in [0.25, 0.3) is 21.6 Å². The molecule has 0 radical (unpaired) electrons. The Morgan fingerprint density at radius 3 is 2.39 bits per heavy atom. The molecule has 10 heteroatoms. The summed E-state index contributed by atoms with van der Waals surface area (Å²) in [7, 11) is -0.752. The number of anilines is 1. The van der Waals surface area contributed by atoms with Gasteiger partial charge >= 0.3 is 0 Å². The summed E-state index contributed by atoms with van der Waals surface area (Å²) in [5, 5.41) is 10.9. The SMILES string of the molecule is Cc1ccc([N+](=O)[O-])cc1NS(=O)(=O)c1ccc(OCC(=O)N(C)C)c(C)c1. The van der Waals surface area contributed by atoms with Gasteiger partial charge in [-0.3, -0.25) is 19.6 Å². The number of carbonyl (C=O) groups is 1. The molecule has 0 unspecified atom stereocenters. The molecule has 0 fully saturated rings. The van der Waals surface area contributed by atoms with E-state index in [9.17, 15) is 23.3 Å². The third kappa shape index (κ3) is 4.97. The molecule has 2 rings (SSSR count). The Bertz CT molecular complexity index is 1020. The minimum absolute atomic E-state index is 0.0257. The average molecular weight is 407 g/mol. The van der Waals surface area contributed by atoms with E-state index >= 15 is 0 Å². The predicted molar refractivity (Wildman–Crippen MR) is 104 cm³/mol. The lowest BCUT2D eigenvalue weighted by molar-refractivity contribution is -0.384. The molecule has 0 aliphatic heterocycles. The molecule has 0 aliphatic carbocycles. The van der Waals surface area contributed by atoms with E-state index in [1.807, 2.05) is 0 Å². The van der Waals surface area contributed by atoms with Crippen molar-refractivity contribution < 1.29 is 22.9 Å². The summed E-state index contributed by atoms with van der Waals surface area (Å²) in [6.07, 6.45) is 0. The molecule has 1 N–H and O–H groups in total. The Labute approximate surface area is 163 Å². The van der Waals surface area contributed by atoms with Crippen LogP contribution in [0.15, 0.2) is 41.3 Å². The average Bonchev–Trinajstić information content (AvgIpc) is 2.61. The molecule has 9 nitrogen and oxygen atoms in total. The molecule has 0 saturated carbocycles. The van der Waals surface area contributed by atoms with Crippen LogP contribution in [0.3, 0.4) is 0 Å². The van der Waals surface area contributed by atoms with E-state index in [2.05, 4.69) is 4.72 Å². The molecule has 0 aliphatic rings. The molecule has 150 valence electrons. The van der Waals surface area contributed by atoms with Crippen LogP contribution in [0.25, 0.3) is 0 Å². The van der Waals surface area contributed by atoms with E-state index in [4.69, 9.17) is 4.74 Å². The second kappa shape index (κ2) is 8.26. The maximum absolute atomic E-state index is 12.7. The quantitative estimate of drug-likeness (QED) is 0.556. The van der Waals surface area contributed by atoms with Crippen LogP contribution in [0.2, 0.25) is 0 Å². The van der Waals surface area contributed by atoms with Crippen molar-refractivity contribution in [2.45, 2.75) is 18.7 Å². The summed E-state index contributed by atoms with van der Waals surface area (Å²) >= 11 is 0. The Balaban J connectivity index is 2.25. The van der Waals surface area contributed by atoms with Gasteiger partial charge in [0.1, 0.15) is 5.75 Å². The highest BCUT2D eigenvalue weighted by atomic mass is 32.2. The van der Waals surface area contributed by atoms with Gasteiger partial charge in [-0.05, 0) is 43.2 Å². The third-order valence-corrected chi connectivity index (χ3v) is 5.35. The zero-order chi connectivity index (χ0) is 21.1. The maximum atomic E-state index is 12.7. The number of hydrogen-bond donors (Lipinski definition) is 1. The number of benzene rings is 2. The van der Waals surface area contributed by atoms with Gasteiger partial charge in [-0.1, -0.05) is 6.07 Å². The fraction of sp³-hybridized carbons (Fsp3) is 0.278. The Kier molecular flexibility index (Phi) is 6.24. The van der Waals surface area contributed by atoms with E-state index in [0.717, 1.165) is 0 Å². The minimum atomic E-state index is -3.97. The minimum Gasteiger partial charge on any atom is -0.483 e. The van der Waals surface area contributed by atoms with Crippen molar-refractivity contribution in [3.8, 4) is 5.75 Å². The van der Waals surface area contributed by atoms with Gasteiger partial charge in [0, 0.05) is 26.2 Å². The van der Waals surface area contributed by atoms with Crippen molar-refractivity contribution in [2.75, 3.05) is 25.4 Å². The molecule has 0 bridgehead atoms. The number of sulfonamides is 1. The van der Waals surface area contributed by atoms with Crippen LogP contribution < -0.4 is 9.46 Å². The van der Waals surface area contributed by atoms with Gasteiger partial charge in [0.15, 0.2) is 6.61 Å². The summed E-state index contributed by atoms with van der Waals surface area (Å²) in [5.41, 5.74) is 0.996. The number of ether oxygens (including phenoxy) is 1. The lowest BCUT2D eigenvalue weighted by Crippen LogP contribution is -2.27. The van der Waals surface area contributed by atoms with E-state index in [0.29, 0.717) is 16.9 Å². The largest absolute Gasteiger partial charge is 0.483 e. The van der Waals surface area contributed by atoms with Crippen molar-refractivity contribution >= 4 is 27.3 Å². The molecule has 0 spiro atoms. The molecule has 0 aromatic heterocycles. The Morgan fingerprint density at radius 2 is 1.82 bits per heavy atom. The van der Waals surface area contributed by atoms with Crippen LogP contribution in [0.5, 0.6) is 5.75 Å². The lowest BCUT2D eigenvalue weighted by Gasteiger charge is -2.14. The first-order chi connectivity index (χ1) is 13.0. The highest BCUT2D eigenvalue weighted by Gasteiger charge is 2.19. The van der Waals surface area contributed by atoms with Crippen LogP contribution in [0, 0.1) is 24.0 Å². The van der Waals surface area contributed by atoms with Gasteiger partial charge in [-0.2, -0.15) is 0 Å². The first-order valence-corrected chi connectivity index (χ1v) is 9.71. The van der Waals surface area contributed by atoms with Crippen LogP contribution in [-0.4, -0.2) is 44.9 Å². The number of rotatable bonds is 7. The zero-order valence-electron chi connectivity index (χ0n) is 15.9. The molecule has 1 amide bonds. The molecular weight excluding hydrogens is 386 g/mol. The number of non-ortho nitro benzene ring substituents is 1. The predicted octanol–water partition coefficient (Wildman–Crippen LogP) is 2.48. The smallest absolute Gasteiger partial charge is 0.271 e. The Morgan fingerprint density at radius 1 is 1.14 bits per heavy atom. The summed E-state index contributed by atoms with van der Waals surface area (Å²) < 4.78 is 33.1. The standard InChI is InChI=1S/C18H21N3O6S/c1-12-5-6-14(21(23)24)10-16(12)19-28(25,26)15-7-8-17(13(2)9-15)27-11-18(22)20(3)4/h5-10,19H,11H2,1-4H3. The van der Waals surface area contributed by atoms with E-state index in [1.54, 1.807) is 27.9 Å². The van der Waals surface area contributed by atoms with Crippen LogP contribution in [-0.2, 0) is 14.8 Å². The highest BCUT2D eigenvalue weighted by Crippen LogP contribution is 2.27. The molecular formula is C18H21N3O6S. The number of aryl methyl sites for hydroxylation is 2. The topological polar surface area (TPSA) is 119 Å². The fourth-order valence-electron chi connectivity index (χ4n) is 2.26. The number of nitrogens with zero attached hydrogens (tertiary/aromatic N) is 2. The summed E-state index contributed by atoms with van der Waals surface area (Å²) in [6, 6.07) is 8.16. The molecule has 28 heavy (non-hydrogen) atoms. The Hall–Kier alpha value is -3.14. The highest BCUT2D eigenvalue weighted by molar-refractivity contribution is 7.92. The number of nitrogens with one attached hydrogen (secondary N) is 1. The summed E-state index contributed by atoms with van der Waals surface area (Å²) in [5.74, 6) is 0.166. The molecule has 2 aromatic rings. The fourth-order valence-corrected chi connectivity index (χ4v) is 3.46. The summed E-state index contributed by atoms with van der Waals surface area (Å²) in [6.45, 7) is 3.14. The first-order valence-electron chi connectivity index (χ1n) is 8.22. The van der Waals surface area contributed by atoms with Gasteiger partial charge < -0.3 is 9.64 Å². The normalized spacial score (nSPS) is 11.0. The number of amides is 1. The monoisotopic (exact) mass is 407 g/mol. The van der Waals surface area contributed by atoms with Crippen LogP contribution in [0.4, 0.5) is 11.4 Å². The van der Waals surface area contributed by atoms with Crippen molar-refractivity contribution in [2.24, 2.45) is 0 Å². The molecule has 2 aromatic carbocycles. The lowest BCUT2D eigenvalue weighted by atomic mass is 10.2. The number of nitro groups is 1. The van der Waals surface area contributed by atoms with Gasteiger partial charge in [0.2, 0.25) is 0 Å². The molecule has 0 atom stereocenters. The van der Waals surface area contributed by atoms with Gasteiger partial charge in [-0.15, -0.1) is 0 Å². The maximum Gasteiger partial charge on any atom is 0.271 e.